The number of carbonyl (C=O) groups is 1. The minimum absolute atomic E-state index is 0.0359. The maximum atomic E-state index is 10.4. The first kappa shape index (κ1) is 13.5. The van der Waals surface area contributed by atoms with Gasteiger partial charge >= 0.3 is 5.97 Å². The molecule has 0 unspecified atom stereocenters. The maximum Gasteiger partial charge on any atom is 0.304 e. The summed E-state index contributed by atoms with van der Waals surface area (Å²) in [6.45, 7) is 7.38. The number of aliphatic carboxylic acids is 1. The Hall–Kier alpha value is -0.540. The molecule has 0 aromatic rings. The Morgan fingerprint density at radius 3 is 2.43 bits per heavy atom. The maximum absolute atomic E-state index is 10.4. The van der Waals surface area contributed by atoms with Crippen molar-refractivity contribution in [2.45, 2.75) is 32.7 Å². The van der Waals surface area contributed by atoms with Crippen LogP contribution in [0.15, 0.2) is 11.6 Å². The topological polar surface area (TPSA) is 40.5 Å². The number of hydrogen-bond acceptors (Lipinski definition) is 2. The summed E-state index contributed by atoms with van der Waals surface area (Å²) in [7, 11) is 0. The van der Waals surface area contributed by atoms with Gasteiger partial charge < -0.3 is 5.11 Å². The standard InChI is InChI=1S/C10H18ClNO2/c1-10(2,3)12(7-4-6-11)8-5-9(13)14/h4,6H,5,7-8H2,1-3H3,(H,13,14)/b6-4+. The molecule has 0 aliphatic carbocycles. The Morgan fingerprint density at radius 2 is 2.07 bits per heavy atom. The van der Waals surface area contributed by atoms with Crippen LogP contribution in [0.2, 0.25) is 0 Å². The summed E-state index contributed by atoms with van der Waals surface area (Å²) >= 11 is 5.43. The van der Waals surface area contributed by atoms with E-state index in [-0.39, 0.29) is 12.0 Å². The van der Waals surface area contributed by atoms with Crippen LogP contribution in [0.5, 0.6) is 0 Å². The highest BCUT2D eigenvalue weighted by atomic mass is 35.5. The zero-order valence-corrected chi connectivity index (χ0v) is 9.71. The minimum atomic E-state index is -0.769. The molecular formula is C10H18ClNO2. The Labute approximate surface area is 90.4 Å². The Bertz CT molecular complexity index is 209. The fourth-order valence-electron chi connectivity index (χ4n) is 1.10. The summed E-state index contributed by atoms with van der Waals surface area (Å²) in [6, 6.07) is 0. The molecule has 0 aromatic heterocycles. The molecule has 82 valence electrons. The Morgan fingerprint density at radius 1 is 1.50 bits per heavy atom. The van der Waals surface area contributed by atoms with E-state index in [1.54, 1.807) is 0 Å². The van der Waals surface area contributed by atoms with Gasteiger partial charge in [0.05, 0.1) is 6.42 Å². The van der Waals surface area contributed by atoms with E-state index < -0.39 is 5.97 Å². The molecule has 0 heterocycles. The molecule has 0 saturated heterocycles. The van der Waals surface area contributed by atoms with E-state index >= 15 is 0 Å². The molecule has 0 amide bonds. The summed E-state index contributed by atoms with van der Waals surface area (Å²) in [6.07, 6.45) is 1.97. The van der Waals surface area contributed by atoms with Crippen LogP contribution in [-0.4, -0.2) is 34.6 Å². The summed E-state index contributed by atoms with van der Waals surface area (Å²) in [4.78, 5) is 12.5. The van der Waals surface area contributed by atoms with Crippen molar-refractivity contribution in [2.24, 2.45) is 0 Å². The van der Waals surface area contributed by atoms with Gasteiger partial charge in [0, 0.05) is 24.2 Å². The highest BCUT2D eigenvalue weighted by Crippen LogP contribution is 2.13. The van der Waals surface area contributed by atoms with Crippen LogP contribution in [0, 0.1) is 0 Å². The molecular weight excluding hydrogens is 202 g/mol. The first-order chi connectivity index (χ1) is 6.38. The first-order valence-corrected chi connectivity index (χ1v) is 5.03. The number of hydrogen-bond donors (Lipinski definition) is 1. The molecule has 14 heavy (non-hydrogen) atoms. The van der Waals surface area contributed by atoms with Crippen LogP contribution in [0.3, 0.4) is 0 Å². The predicted molar refractivity (Wildman–Crippen MR) is 58.6 cm³/mol. The highest BCUT2D eigenvalue weighted by Gasteiger charge is 2.20. The fourth-order valence-corrected chi connectivity index (χ4v) is 1.18. The SMILES string of the molecule is CC(C)(C)N(C/C=C/Cl)CCC(=O)O. The summed E-state index contributed by atoms with van der Waals surface area (Å²) in [5.41, 5.74) is 1.42. The summed E-state index contributed by atoms with van der Waals surface area (Å²) < 4.78 is 0. The van der Waals surface area contributed by atoms with Gasteiger partial charge in [-0.1, -0.05) is 17.7 Å². The lowest BCUT2D eigenvalue weighted by Crippen LogP contribution is -2.42. The molecule has 0 atom stereocenters. The third-order valence-corrected chi connectivity index (χ3v) is 2.14. The van der Waals surface area contributed by atoms with Gasteiger partial charge in [0.2, 0.25) is 0 Å². The van der Waals surface area contributed by atoms with E-state index in [9.17, 15) is 4.79 Å². The molecule has 3 nitrogen and oxygen atoms in total. The number of halogens is 1. The van der Waals surface area contributed by atoms with Gasteiger partial charge in [-0.05, 0) is 20.8 Å². The van der Waals surface area contributed by atoms with Gasteiger partial charge in [0.25, 0.3) is 0 Å². The summed E-state index contributed by atoms with van der Waals surface area (Å²) in [5.74, 6) is -0.769. The Balaban J connectivity index is 4.18. The van der Waals surface area contributed by atoms with Crippen molar-refractivity contribution in [2.75, 3.05) is 13.1 Å². The van der Waals surface area contributed by atoms with Crippen molar-refractivity contribution < 1.29 is 9.90 Å². The van der Waals surface area contributed by atoms with E-state index in [0.29, 0.717) is 13.1 Å². The molecule has 0 spiro atoms. The average molecular weight is 220 g/mol. The second-order valence-electron chi connectivity index (χ2n) is 4.12. The van der Waals surface area contributed by atoms with Crippen LogP contribution in [0.1, 0.15) is 27.2 Å². The zero-order chi connectivity index (χ0) is 11.2. The normalized spacial score (nSPS) is 12.6. The van der Waals surface area contributed by atoms with E-state index in [4.69, 9.17) is 16.7 Å². The van der Waals surface area contributed by atoms with Gasteiger partial charge in [0.1, 0.15) is 0 Å². The van der Waals surface area contributed by atoms with E-state index in [0.717, 1.165) is 0 Å². The molecule has 0 aliphatic rings. The van der Waals surface area contributed by atoms with Gasteiger partial charge in [-0.25, -0.2) is 0 Å². The lowest BCUT2D eigenvalue weighted by atomic mass is 10.1. The van der Waals surface area contributed by atoms with Crippen molar-refractivity contribution in [1.82, 2.24) is 4.90 Å². The number of rotatable bonds is 5. The lowest BCUT2D eigenvalue weighted by molar-refractivity contribution is -0.137. The van der Waals surface area contributed by atoms with Gasteiger partial charge in [-0.2, -0.15) is 0 Å². The van der Waals surface area contributed by atoms with Gasteiger partial charge in [-0.15, -0.1) is 0 Å². The van der Waals surface area contributed by atoms with Crippen molar-refractivity contribution >= 4 is 17.6 Å². The second kappa shape index (κ2) is 6.04. The quantitative estimate of drug-likeness (QED) is 0.772. The smallest absolute Gasteiger partial charge is 0.304 e. The van der Waals surface area contributed by atoms with Crippen LogP contribution in [0.4, 0.5) is 0 Å². The monoisotopic (exact) mass is 219 g/mol. The van der Waals surface area contributed by atoms with E-state index in [1.165, 1.54) is 5.54 Å². The van der Waals surface area contributed by atoms with Crippen molar-refractivity contribution in [3.05, 3.63) is 11.6 Å². The molecule has 0 bridgehead atoms. The predicted octanol–water partition coefficient (Wildman–Crippen LogP) is 2.31. The van der Waals surface area contributed by atoms with E-state index in [2.05, 4.69) is 25.7 Å². The molecule has 0 fully saturated rings. The Kier molecular flexibility index (Phi) is 5.81. The number of nitrogens with zero attached hydrogens (tertiary/aromatic N) is 1. The van der Waals surface area contributed by atoms with Crippen LogP contribution in [0.25, 0.3) is 0 Å². The van der Waals surface area contributed by atoms with Crippen molar-refractivity contribution in [1.29, 1.82) is 0 Å². The minimum Gasteiger partial charge on any atom is -0.481 e. The lowest BCUT2D eigenvalue weighted by Gasteiger charge is -2.34. The number of carboxylic acids is 1. The largest absolute Gasteiger partial charge is 0.481 e. The van der Waals surface area contributed by atoms with Gasteiger partial charge in [-0.3, -0.25) is 9.69 Å². The van der Waals surface area contributed by atoms with Crippen molar-refractivity contribution in [3.8, 4) is 0 Å². The molecule has 0 aliphatic heterocycles. The number of carboxylic acid groups (broad SMARTS) is 1. The molecule has 0 radical (unpaired) electrons. The highest BCUT2D eigenvalue weighted by molar-refractivity contribution is 6.25. The zero-order valence-electron chi connectivity index (χ0n) is 8.96. The first-order valence-electron chi connectivity index (χ1n) is 4.60. The van der Waals surface area contributed by atoms with Crippen LogP contribution in [-0.2, 0) is 4.79 Å². The average Bonchev–Trinajstić information content (AvgIpc) is 2.01. The van der Waals surface area contributed by atoms with Crippen molar-refractivity contribution in [3.63, 3.8) is 0 Å². The second-order valence-corrected chi connectivity index (χ2v) is 4.37. The fraction of sp³-hybridized carbons (Fsp3) is 0.700. The molecule has 0 rings (SSSR count). The van der Waals surface area contributed by atoms with Crippen LogP contribution >= 0.6 is 11.6 Å². The molecule has 4 heteroatoms. The van der Waals surface area contributed by atoms with Crippen LogP contribution < -0.4 is 0 Å². The summed E-state index contributed by atoms with van der Waals surface area (Å²) in [5, 5.41) is 8.58. The van der Waals surface area contributed by atoms with Gasteiger partial charge in [0.15, 0.2) is 0 Å². The third kappa shape index (κ3) is 6.00. The third-order valence-electron chi connectivity index (χ3n) is 1.96. The van der Waals surface area contributed by atoms with E-state index in [1.807, 2.05) is 6.08 Å². The molecule has 0 aromatic carbocycles. The molecule has 1 N–H and O–H groups in total. The molecule has 0 saturated carbocycles.